The fourth-order valence-electron chi connectivity index (χ4n) is 1.70. The van der Waals surface area contributed by atoms with Gasteiger partial charge in [-0.3, -0.25) is 0 Å². The lowest BCUT2D eigenvalue weighted by Gasteiger charge is -2.24. The molecule has 0 aliphatic carbocycles. The summed E-state index contributed by atoms with van der Waals surface area (Å²) in [6.07, 6.45) is 0.254. The molecule has 0 radical (unpaired) electrons. The van der Waals surface area contributed by atoms with Crippen molar-refractivity contribution in [3.63, 3.8) is 0 Å². The third-order valence-electron chi connectivity index (χ3n) is 2.60. The molecule has 0 unspecified atom stereocenters. The van der Waals surface area contributed by atoms with Crippen molar-refractivity contribution in [3.8, 4) is 6.07 Å². The van der Waals surface area contributed by atoms with Crippen molar-refractivity contribution in [3.05, 3.63) is 23.5 Å². The normalized spacial score (nSPS) is 9.83. The zero-order valence-corrected chi connectivity index (χ0v) is 9.98. The van der Waals surface area contributed by atoms with E-state index in [4.69, 9.17) is 16.1 Å². The highest BCUT2D eigenvalue weighted by Crippen LogP contribution is 2.28. The third kappa shape index (κ3) is 2.69. The number of nitrogens with zero attached hydrogens (tertiary/aromatic N) is 2. The lowest BCUT2D eigenvalue weighted by Crippen LogP contribution is -2.26. The summed E-state index contributed by atoms with van der Waals surface area (Å²) in [5.74, 6) is -2.04. The Labute approximate surface area is 104 Å². The molecule has 0 saturated heterocycles. The predicted molar refractivity (Wildman–Crippen MR) is 65.9 cm³/mol. The summed E-state index contributed by atoms with van der Waals surface area (Å²) in [4.78, 5) is 12.8. The maximum absolute atomic E-state index is 13.3. The van der Waals surface area contributed by atoms with Gasteiger partial charge in [-0.05, 0) is 19.1 Å². The number of carboxylic acids is 1. The van der Waals surface area contributed by atoms with Gasteiger partial charge in [0.25, 0.3) is 0 Å². The van der Waals surface area contributed by atoms with Crippen LogP contribution in [0, 0.1) is 17.1 Å². The molecule has 0 spiro atoms. The van der Waals surface area contributed by atoms with E-state index in [1.54, 1.807) is 4.90 Å². The van der Waals surface area contributed by atoms with Crippen LogP contribution < -0.4 is 10.6 Å². The zero-order valence-electron chi connectivity index (χ0n) is 9.98. The number of nitrogens with two attached hydrogens (primary N) is 1. The van der Waals surface area contributed by atoms with Gasteiger partial charge in [-0.25, -0.2) is 9.18 Å². The fraction of sp³-hybridized carbons (Fsp3) is 0.333. The largest absolute Gasteiger partial charge is 0.478 e. The molecule has 0 heterocycles. The van der Waals surface area contributed by atoms with E-state index >= 15 is 0 Å². The number of benzene rings is 1. The minimum absolute atomic E-state index is 0.254. The summed E-state index contributed by atoms with van der Waals surface area (Å²) >= 11 is 0. The van der Waals surface area contributed by atoms with Gasteiger partial charge in [0.1, 0.15) is 11.4 Å². The monoisotopic (exact) mass is 251 g/mol. The van der Waals surface area contributed by atoms with Gasteiger partial charge in [-0.15, -0.1) is 0 Å². The van der Waals surface area contributed by atoms with Gasteiger partial charge in [-0.1, -0.05) is 0 Å². The van der Waals surface area contributed by atoms with Crippen LogP contribution in [-0.4, -0.2) is 24.2 Å². The zero-order chi connectivity index (χ0) is 13.7. The van der Waals surface area contributed by atoms with E-state index in [1.807, 2.05) is 13.0 Å². The summed E-state index contributed by atoms with van der Waals surface area (Å²) in [6, 6.07) is 4.48. The first-order chi connectivity index (χ1) is 8.52. The van der Waals surface area contributed by atoms with Crippen molar-refractivity contribution in [2.45, 2.75) is 13.3 Å². The molecule has 6 heteroatoms. The van der Waals surface area contributed by atoms with Crippen molar-refractivity contribution in [2.24, 2.45) is 0 Å². The molecule has 1 aromatic carbocycles. The van der Waals surface area contributed by atoms with Gasteiger partial charge in [0, 0.05) is 13.1 Å². The Hall–Kier alpha value is -2.29. The number of halogens is 1. The summed E-state index contributed by atoms with van der Waals surface area (Å²) in [6.45, 7) is 2.70. The number of rotatable bonds is 5. The van der Waals surface area contributed by atoms with E-state index in [9.17, 15) is 9.18 Å². The molecule has 0 atom stereocenters. The molecular weight excluding hydrogens is 237 g/mol. The van der Waals surface area contributed by atoms with E-state index in [-0.39, 0.29) is 17.7 Å². The van der Waals surface area contributed by atoms with E-state index in [1.165, 1.54) is 6.07 Å². The number of nitriles is 1. The Bertz CT molecular complexity index is 497. The molecule has 1 aromatic rings. The first kappa shape index (κ1) is 13.8. The maximum atomic E-state index is 13.3. The van der Waals surface area contributed by atoms with Crippen LogP contribution >= 0.6 is 0 Å². The average Bonchev–Trinajstić information content (AvgIpc) is 2.34. The quantitative estimate of drug-likeness (QED) is 0.779. The summed E-state index contributed by atoms with van der Waals surface area (Å²) in [5.41, 5.74) is 5.16. The molecule has 0 aromatic heterocycles. The van der Waals surface area contributed by atoms with Crippen molar-refractivity contribution in [2.75, 3.05) is 23.7 Å². The minimum Gasteiger partial charge on any atom is -0.478 e. The number of carboxylic acid groups (broad SMARTS) is 1. The lowest BCUT2D eigenvalue weighted by atomic mass is 10.1. The van der Waals surface area contributed by atoms with Crippen molar-refractivity contribution in [1.29, 1.82) is 5.26 Å². The number of carbonyl (C=O) groups is 1. The lowest BCUT2D eigenvalue weighted by molar-refractivity contribution is 0.0698. The third-order valence-corrected chi connectivity index (χ3v) is 2.60. The number of aromatic carboxylic acids is 1. The standard InChI is InChI=1S/C12H14FN3O2/c1-2-16(7-3-6-14)9-5-4-8(13)11(15)10(9)12(17)18/h4-5H,2-3,7,15H2,1H3,(H,17,18). The SMILES string of the molecule is CCN(CCC#N)c1ccc(F)c(N)c1C(=O)O. The summed E-state index contributed by atoms with van der Waals surface area (Å²) in [7, 11) is 0. The van der Waals surface area contributed by atoms with E-state index in [2.05, 4.69) is 0 Å². The van der Waals surface area contributed by atoms with Crippen molar-refractivity contribution < 1.29 is 14.3 Å². The van der Waals surface area contributed by atoms with Gasteiger partial charge in [-0.2, -0.15) is 5.26 Å². The fourth-order valence-corrected chi connectivity index (χ4v) is 1.70. The van der Waals surface area contributed by atoms with Gasteiger partial charge >= 0.3 is 5.97 Å². The number of hydrogen-bond acceptors (Lipinski definition) is 4. The van der Waals surface area contributed by atoms with E-state index in [0.29, 0.717) is 18.8 Å². The van der Waals surface area contributed by atoms with E-state index < -0.39 is 11.8 Å². The molecule has 0 aliphatic rings. The predicted octanol–water partition coefficient (Wildman–Crippen LogP) is 1.85. The highest BCUT2D eigenvalue weighted by Gasteiger charge is 2.20. The molecule has 0 bridgehead atoms. The van der Waals surface area contributed by atoms with Crippen LogP contribution in [0.1, 0.15) is 23.7 Å². The van der Waals surface area contributed by atoms with Crippen LogP contribution in [0.3, 0.4) is 0 Å². The molecule has 0 saturated carbocycles. The first-order valence-electron chi connectivity index (χ1n) is 5.46. The molecule has 96 valence electrons. The molecule has 5 nitrogen and oxygen atoms in total. The van der Waals surface area contributed by atoms with Crippen molar-refractivity contribution in [1.82, 2.24) is 0 Å². The topological polar surface area (TPSA) is 90.4 Å². The van der Waals surface area contributed by atoms with Gasteiger partial charge in [0.05, 0.1) is 23.9 Å². The summed E-state index contributed by atoms with van der Waals surface area (Å²) < 4.78 is 13.3. The van der Waals surface area contributed by atoms with Gasteiger partial charge < -0.3 is 15.7 Å². The smallest absolute Gasteiger partial charge is 0.340 e. The van der Waals surface area contributed by atoms with Crippen molar-refractivity contribution >= 4 is 17.3 Å². The molecular formula is C12H14FN3O2. The molecule has 0 aliphatic heterocycles. The minimum atomic E-state index is -1.28. The Morgan fingerprint density at radius 1 is 1.61 bits per heavy atom. The van der Waals surface area contributed by atoms with Gasteiger partial charge in [0.2, 0.25) is 0 Å². The maximum Gasteiger partial charge on any atom is 0.340 e. The molecule has 1 rings (SSSR count). The second kappa shape index (κ2) is 5.87. The number of anilines is 2. The average molecular weight is 251 g/mol. The molecule has 3 N–H and O–H groups in total. The van der Waals surface area contributed by atoms with Crippen LogP contribution in [0.15, 0.2) is 12.1 Å². The second-order valence-electron chi connectivity index (χ2n) is 3.65. The first-order valence-corrected chi connectivity index (χ1v) is 5.46. The van der Waals surface area contributed by atoms with Crippen LogP contribution in [0.5, 0.6) is 0 Å². The van der Waals surface area contributed by atoms with Crippen LogP contribution in [0.2, 0.25) is 0 Å². The van der Waals surface area contributed by atoms with E-state index in [0.717, 1.165) is 6.07 Å². The van der Waals surface area contributed by atoms with Crippen LogP contribution in [-0.2, 0) is 0 Å². The highest BCUT2D eigenvalue weighted by molar-refractivity contribution is 6.00. The number of nitrogen functional groups attached to an aromatic ring is 1. The Morgan fingerprint density at radius 3 is 2.78 bits per heavy atom. The molecule has 18 heavy (non-hydrogen) atoms. The Balaban J connectivity index is 3.26. The number of hydrogen-bond donors (Lipinski definition) is 2. The Morgan fingerprint density at radius 2 is 2.28 bits per heavy atom. The molecule has 0 fully saturated rings. The molecule has 0 amide bonds. The second-order valence-corrected chi connectivity index (χ2v) is 3.65. The Kier molecular flexibility index (Phi) is 4.49. The summed E-state index contributed by atoms with van der Waals surface area (Å²) in [5, 5.41) is 17.7. The highest BCUT2D eigenvalue weighted by atomic mass is 19.1. The van der Waals surface area contributed by atoms with Gasteiger partial charge in [0.15, 0.2) is 0 Å². The van der Waals surface area contributed by atoms with Crippen LogP contribution in [0.4, 0.5) is 15.8 Å². The van der Waals surface area contributed by atoms with Crippen LogP contribution in [0.25, 0.3) is 0 Å².